The van der Waals surface area contributed by atoms with E-state index in [1.807, 2.05) is 0 Å². The van der Waals surface area contributed by atoms with Gasteiger partial charge < -0.3 is 0 Å². The molecule has 16 heavy (non-hydrogen) atoms. The quantitative estimate of drug-likeness (QED) is 0.416. The van der Waals surface area contributed by atoms with E-state index in [-0.39, 0.29) is 0 Å². The summed E-state index contributed by atoms with van der Waals surface area (Å²) in [5.41, 5.74) is 0. The second kappa shape index (κ2) is 5.38. The van der Waals surface area contributed by atoms with Crippen LogP contribution in [0.4, 0.5) is 0 Å². The Morgan fingerprint density at radius 1 is 1.19 bits per heavy atom. The van der Waals surface area contributed by atoms with Crippen LogP contribution in [0.1, 0.15) is 58.8 Å². The van der Waals surface area contributed by atoms with Gasteiger partial charge in [0, 0.05) is 0 Å². The first kappa shape index (κ1) is 12.2. The second-order valence-corrected chi connectivity index (χ2v) is 6.11. The van der Waals surface area contributed by atoms with Crippen LogP contribution in [-0.4, -0.2) is 0 Å². The fourth-order valence-corrected chi connectivity index (χ4v) is 4.26. The predicted molar refractivity (Wildman–Crippen MR) is 71.3 cm³/mol. The van der Waals surface area contributed by atoms with Crippen molar-refractivity contribution in [3.8, 4) is 0 Å². The van der Waals surface area contributed by atoms with Crippen molar-refractivity contribution in [2.75, 3.05) is 0 Å². The molecular formula is C16H28. The van der Waals surface area contributed by atoms with Crippen molar-refractivity contribution in [3.05, 3.63) is 12.7 Å². The molecule has 5 atom stereocenters. The first-order chi connectivity index (χ1) is 7.79. The number of rotatable bonds is 7. The van der Waals surface area contributed by atoms with Crippen molar-refractivity contribution < 1.29 is 0 Å². The molecule has 0 bridgehead atoms. The Balaban J connectivity index is 1.59. The van der Waals surface area contributed by atoms with Crippen molar-refractivity contribution in [1.29, 1.82) is 0 Å². The van der Waals surface area contributed by atoms with Gasteiger partial charge >= 0.3 is 0 Å². The normalized spacial score (nSPS) is 40.8. The van der Waals surface area contributed by atoms with Gasteiger partial charge in [-0.25, -0.2) is 0 Å². The Hall–Kier alpha value is -0.260. The summed E-state index contributed by atoms with van der Waals surface area (Å²) in [6.45, 7) is 8.71. The van der Waals surface area contributed by atoms with E-state index in [0.29, 0.717) is 0 Å². The summed E-state index contributed by atoms with van der Waals surface area (Å²) in [6.07, 6.45) is 12.5. The number of hydrogen-bond acceptors (Lipinski definition) is 0. The largest absolute Gasteiger partial charge is 0.103 e. The number of unbranched alkanes of at least 4 members (excludes halogenated alkanes) is 4. The molecule has 0 aliphatic heterocycles. The van der Waals surface area contributed by atoms with E-state index in [9.17, 15) is 0 Å². The van der Waals surface area contributed by atoms with Crippen LogP contribution in [-0.2, 0) is 0 Å². The van der Waals surface area contributed by atoms with Gasteiger partial charge in [0.1, 0.15) is 0 Å². The van der Waals surface area contributed by atoms with Crippen LogP contribution in [0.3, 0.4) is 0 Å². The summed E-state index contributed by atoms with van der Waals surface area (Å²) in [4.78, 5) is 0. The zero-order chi connectivity index (χ0) is 11.5. The fraction of sp³-hybridized carbons (Fsp3) is 0.875. The first-order valence-corrected chi connectivity index (χ1v) is 7.42. The minimum absolute atomic E-state index is 0.862. The van der Waals surface area contributed by atoms with Gasteiger partial charge in [0.2, 0.25) is 0 Å². The van der Waals surface area contributed by atoms with Crippen LogP contribution >= 0.6 is 0 Å². The lowest BCUT2D eigenvalue weighted by Crippen LogP contribution is -2.56. The first-order valence-electron chi connectivity index (χ1n) is 7.42. The van der Waals surface area contributed by atoms with Crippen LogP contribution in [0.5, 0.6) is 0 Å². The highest BCUT2D eigenvalue weighted by Crippen LogP contribution is 2.62. The molecule has 0 nitrogen and oxygen atoms in total. The lowest BCUT2D eigenvalue weighted by molar-refractivity contribution is -0.126. The molecule has 0 spiro atoms. The van der Waals surface area contributed by atoms with Crippen LogP contribution in [0, 0.1) is 29.6 Å². The molecule has 0 heteroatoms. The zero-order valence-corrected chi connectivity index (χ0v) is 11.1. The van der Waals surface area contributed by atoms with Crippen molar-refractivity contribution in [2.24, 2.45) is 29.6 Å². The molecule has 0 N–H and O–H groups in total. The van der Waals surface area contributed by atoms with Gasteiger partial charge in [0.05, 0.1) is 0 Å². The van der Waals surface area contributed by atoms with Crippen molar-refractivity contribution in [3.63, 3.8) is 0 Å². The van der Waals surface area contributed by atoms with E-state index in [0.717, 1.165) is 29.6 Å². The third kappa shape index (κ3) is 2.08. The predicted octanol–water partition coefficient (Wildman–Crippen LogP) is 5.05. The lowest BCUT2D eigenvalue weighted by Gasteiger charge is -2.62. The standard InChI is InChI=1S/C16H28/c1-4-6-7-8-9-10-13-11-15-14(5-2)12(3)16(13)15/h5,12-16H,2,4,6-11H2,1,3H3. The molecule has 0 radical (unpaired) electrons. The minimum atomic E-state index is 0.862. The summed E-state index contributed by atoms with van der Waals surface area (Å²) in [5, 5.41) is 0. The highest BCUT2D eigenvalue weighted by Gasteiger charge is 2.56. The second-order valence-electron chi connectivity index (χ2n) is 6.11. The zero-order valence-electron chi connectivity index (χ0n) is 11.1. The SMILES string of the molecule is C=CC1C(C)C2C(CCCCCCC)CC12. The van der Waals surface area contributed by atoms with Gasteiger partial charge in [0.25, 0.3) is 0 Å². The molecule has 5 unspecified atom stereocenters. The maximum Gasteiger partial charge on any atom is -0.0176 e. The molecule has 2 saturated carbocycles. The highest BCUT2D eigenvalue weighted by molar-refractivity contribution is 5.10. The number of fused-ring (bicyclic) bond motifs is 1. The summed E-state index contributed by atoms with van der Waals surface area (Å²) in [6, 6.07) is 0. The van der Waals surface area contributed by atoms with Gasteiger partial charge in [-0.1, -0.05) is 58.4 Å². The van der Waals surface area contributed by atoms with Crippen LogP contribution in [0.2, 0.25) is 0 Å². The molecule has 2 aliphatic rings. The monoisotopic (exact) mass is 220 g/mol. The van der Waals surface area contributed by atoms with Gasteiger partial charge in [-0.15, -0.1) is 6.58 Å². The summed E-state index contributed by atoms with van der Waals surface area (Å²) in [5.74, 6) is 5.00. The minimum Gasteiger partial charge on any atom is -0.103 e. The molecule has 92 valence electrons. The average molecular weight is 220 g/mol. The smallest absolute Gasteiger partial charge is 0.0176 e. The van der Waals surface area contributed by atoms with Crippen LogP contribution < -0.4 is 0 Å². The molecular weight excluding hydrogens is 192 g/mol. The fourth-order valence-electron chi connectivity index (χ4n) is 4.26. The van der Waals surface area contributed by atoms with Gasteiger partial charge in [-0.3, -0.25) is 0 Å². The molecule has 0 saturated heterocycles. The molecule has 0 aromatic carbocycles. The maximum absolute atomic E-state index is 3.97. The van der Waals surface area contributed by atoms with Gasteiger partial charge in [0.15, 0.2) is 0 Å². The molecule has 0 aromatic heterocycles. The number of hydrogen-bond donors (Lipinski definition) is 0. The van der Waals surface area contributed by atoms with Gasteiger partial charge in [-0.05, 0) is 36.0 Å². The molecule has 0 heterocycles. The van der Waals surface area contributed by atoms with E-state index in [1.54, 1.807) is 0 Å². The van der Waals surface area contributed by atoms with Crippen molar-refractivity contribution in [1.82, 2.24) is 0 Å². The average Bonchev–Trinajstić information content (AvgIpc) is 2.25. The number of allylic oxidation sites excluding steroid dienone is 1. The third-order valence-corrected chi connectivity index (χ3v) is 5.27. The topological polar surface area (TPSA) is 0 Å². The Morgan fingerprint density at radius 2 is 1.94 bits per heavy atom. The highest BCUT2D eigenvalue weighted by atomic mass is 14.6. The summed E-state index contributed by atoms with van der Waals surface area (Å²) < 4.78 is 0. The Morgan fingerprint density at radius 3 is 2.56 bits per heavy atom. The molecule has 0 aromatic rings. The van der Waals surface area contributed by atoms with E-state index >= 15 is 0 Å². The lowest BCUT2D eigenvalue weighted by atomic mass is 9.42. The summed E-state index contributed by atoms with van der Waals surface area (Å²) in [7, 11) is 0. The summed E-state index contributed by atoms with van der Waals surface area (Å²) >= 11 is 0. The van der Waals surface area contributed by atoms with Crippen molar-refractivity contribution >= 4 is 0 Å². The van der Waals surface area contributed by atoms with Gasteiger partial charge in [-0.2, -0.15) is 0 Å². The van der Waals surface area contributed by atoms with Crippen molar-refractivity contribution in [2.45, 2.75) is 58.8 Å². The Kier molecular flexibility index (Phi) is 4.10. The van der Waals surface area contributed by atoms with E-state index < -0.39 is 0 Å². The van der Waals surface area contributed by atoms with Crippen LogP contribution in [0.15, 0.2) is 12.7 Å². The molecule has 0 amide bonds. The molecule has 2 aliphatic carbocycles. The Labute approximate surface area is 102 Å². The third-order valence-electron chi connectivity index (χ3n) is 5.27. The van der Waals surface area contributed by atoms with Crippen LogP contribution in [0.25, 0.3) is 0 Å². The van der Waals surface area contributed by atoms with E-state index in [2.05, 4.69) is 26.5 Å². The maximum atomic E-state index is 3.97. The van der Waals surface area contributed by atoms with E-state index in [4.69, 9.17) is 0 Å². The molecule has 2 rings (SSSR count). The Bertz CT molecular complexity index is 224. The van der Waals surface area contributed by atoms with E-state index in [1.165, 1.54) is 44.9 Å². The molecule has 2 fully saturated rings.